The number of alkyl halides is 3. The van der Waals surface area contributed by atoms with Crippen molar-refractivity contribution in [2.45, 2.75) is 22.9 Å². The topological polar surface area (TPSA) is 49.4 Å². The van der Waals surface area contributed by atoms with Crippen LogP contribution < -0.4 is 5.32 Å². The molecule has 0 aromatic heterocycles. The molecule has 1 aromatic rings. The highest BCUT2D eigenvalue weighted by Crippen LogP contribution is 2.35. The highest BCUT2D eigenvalue weighted by molar-refractivity contribution is 7.92. The van der Waals surface area contributed by atoms with Gasteiger partial charge in [0.15, 0.2) is 0 Å². The van der Waals surface area contributed by atoms with Gasteiger partial charge in [0.25, 0.3) is 9.84 Å². The SMILES string of the molecule is CN1CCC(Nc2ccc(F)cc2S(=O)(=O)C(F)(F)F)C1. The van der Waals surface area contributed by atoms with Crippen molar-refractivity contribution >= 4 is 15.5 Å². The Morgan fingerprint density at radius 2 is 2.00 bits per heavy atom. The largest absolute Gasteiger partial charge is 0.501 e. The van der Waals surface area contributed by atoms with E-state index in [0.29, 0.717) is 19.0 Å². The fourth-order valence-electron chi connectivity index (χ4n) is 2.24. The minimum absolute atomic E-state index is 0.178. The molecular formula is C12H14F4N2O2S. The van der Waals surface area contributed by atoms with E-state index in [0.717, 1.165) is 18.7 Å². The number of hydrogen-bond donors (Lipinski definition) is 1. The second-order valence-electron chi connectivity index (χ2n) is 4.98. The number of benzene rings is 1. The molecule has 0 bridgehead atoms. The lowest BCUT2D eigenvalue weighted by Gasteiger charge is -2.18. The Morgan fingerprint density at radius 1 is 1.33 bits per heavy atom. The number of nitrogens with one attached hydrogen (secondary N) is 1. The zero-order valence-electron chi connectivity index (χ0n) is 11.1. The third-order valence-electron chi connectivity index (χ3n) is 3.29. The molecule has 9 heteroatoms. The zero-order chi connectivity index (χ0) is 15.8. The fourth-order valence-corrected chi connectivity index (χ4v) is 3.17. The number of anilines is 1. The van der Waals surface area contributed by atoms with Crippen LogP contribution in [0.4, 0.5) is 23.2 Å². The smallest absolute Gasteiger partial charge is 0.380 e. The average molecular weight is 326 g/mol. The Balaban J connectivity index is 2.39. The van der Waals surface area contributed by atoms with Crippen molar-refractivity contribution in [2.75, 3.05) is 25.5 Å². The van der Waals surface area contributed by atoms with Crippen molar-refractivity contribution in [1.29, 1.82) is 0 Å². The Labute approximate surface area is 119 Å². The van der Waals surface area contributed by atoms with E-state index in [-0.39, 0.29) is 11.7 Å². The Hall–Kier alpha value is -1.35. The molecule has 1 saturated heterocycles. The molecule has 1 fully saturated rings. The molecule has 1 unspecified atom stereocenters. The van der Waals surface area contributed by atoms with Crippen LogP contribution in [0.5, 0.6) is 0 Å². The van der Waals surface area contributed by atoms with Crippen LogP contribution in [-0.4, -0.2) is 45.0 Å². The van der Waals surface area contributed by atoms with Crippen LogP contribution >= 0.6 is 0 Å². The molecule has 4 nitrogen and oxygen atoms in total. The van der Waals surface area contributed by atoms with Crippen LogP contribution in [0.3, 0.4) is 0 Å². The molecule has 21 heavy (non-hydrogen) atoms. The normalized spacial score (nSPS) is 20.7. The van der Waals surface area contributed by atoms with Crippen LogP contribution in [0.15, 0.2) is 23.1 Å². The quantitative estimate of drug-likeness (QED) is 0.866. The van der Waals surface area contributed by atoms with Crippen molar-refractivity contribution in [3.63, 3.8) is 0 Å². The van der Waals surface area contributed by atoms with Crippen molar-refractivity contribution in [3.8, 4) is 0 Å². The third kappa shape index (κ3) is 3.29. The minimum atomic E-state index is -5.60. The maximum absolute atomic E-state index is 13.2. The molecule has 0 aliphatic carbocycles. The molecule has 0 saturated carbocycles. The summed E-state index contributed by atoms with van der Waals surface area (Å²) in [7, 11) is -3.75. The maximum Gasteiger partial charge on any atom is 0.501 e. The molecule has 1 aromatic carbocycles. The molecule has 1 heterocycles. The first-order chi connectivity index (χ1) is 9.61. The van der Waals surface area contributed by atoms with Crippen LogP contribution in [-0.2, 0) is 9.84 Å². The molecule has 1 N–H and O–H groups in total. The van der Waals surface area contributed by atoms with Gasteiger partial charge in [-0.3, -0.25) is 0 Å². The molecule has 1 aliphatic rings. The molecule has 0 amide bonds. The lowest BCUT2D eigenvalue weighted by atomic mass is 10.2. The highest BCUT2D eigenvalue weighted by Gasteiger charge is 2.48. The second kappa shape index (κ2) is 5.45. The first-order valence-electron chi connectivity index (χ1n) is 6.17. The zero-order valence-corrected chi connectivity index (χ0v) is 11.9. The summed E-state index contributed by atoms with van der Waals surface area (Å²) in [6.07, 6.45) is 0.666. The number of sulfone groups is 1. The van der Waals surface area contributed by atoms with Gasteiger partial charge in [-0.05, 0) is 38.2 Å². The summed E-state index contributed by atoms with van der Waals surface area (Å²) < 4.78 is 74.2. The van der Waals surface area contributed by atoms with Crippen molar-refractivity contribution in [3.05, 3.63) is 24.0 Å². The van der Waals surface area contributed by atoms with Gasteiger partial charge in [-0.2, -0.15) is 13.2 Å². The molecule has 0 radical (unpaired) electrons. The summed E-state index contributed by atoms with van der Waals surface area (Å²) in [6.45, 7) is 1.32. The van der Waals surface area contributed by atoms with Crippen LogP contribution in [0, 0.1) is 5.82 Å². The lowest BCUT2D eigenvalue weighted by molar-refractivity contribution is -0.0435. The van der Waals surface area contributed by atoms with E-state index in [4.69, 9.17) is 0 Å². The summed E-state index contributed by atoms with van der Waals surface area (Å²) in [5.41, 5.74) is -5.70. The molecule has 0 spiro atoms. The summed E-state index contributed by atoms with van der Waals surface area (Å²) in [4.78, 5) is 0.878. The van der Waals surface area contributed by atoms with Gasteiger partial charge < -0.3 is 10.2 Å². The average Bonchev–Trinajstić information content (AvgIpc) is 2.75. The van der Waals surface area contributed by atoms with Crippen LogP contribution in [0.1, 0.15) is 6.42 Å². The van der Waals surface area contributed by atoms with E-state index in [2.05, 4.69) is 5.32 Å². The number of halogens is 4. The molecule has 118 valence electrons. The summed E-state index contributed by atoms with van der Waals surface area (Å²) in [6, 6.07) is 2.16. The van der Waals surface area contributed by atoms with Gasteiger partial charge in [-0.1, -0.05) is 0 Å². The molecule has 2 rings (SSSR count). The predicted molar refractivity (Wildman–Crippen MR) is 69.2 cm³/mol. The van der Waals surface area contributed by atoms with Crippen molar-refractivity contribution in [1.82, 2.24) is 4.90 Å². The van der Waals surface area contributed by atoms with Gasteiger partial charge >= 0.3 is 5.51 Å². The molecule has 1 aliphatic heterocycles. The molecule has 1 atom stereocenters. The van der Waals surface area contributed by atoms with E-state index in [1.165, 1.54) is 0 Å². The predicted octanol–water partition coefficient (Wildman–Crippen LogP) is 2.24. The number of nitrogens with zero attached hydrogens (tertiary/aromatic N) is 1. The van der Waals surface area contributed by atoms with E-state index in [9.17, 15) is 26.0 Å². The Bertz CT molecular complexity index is 631. The van der Waals surface area contributed by atoms with E-state index >= 15 is 0 Å². The number of hydrogen-bond acceptors (Lipinski definition) is 4. The highest BCUT2D eigenvalue weighted by atomic mass is 32.2. The Kier molecular flexibility index (Phi) is 4.16. The van der Waals surface area contributed by atoms with Crippen molar-refractivity contribution in [2.24, 2.45) is 0 Å². The van der Waals surface area contributed by atoms with Crippen molar-refractivity contribution < 1.29 is 26.0 Å². The van der Waals surface area contributed by atoms with E-state index in [1.54, 1.807) is 0 Å². The first-order valence-corrected chi connectivity index (χ1v) is 7.65. The van der Waals surface area contributed by atoms with Crippen LogP contribution in [0.2, 0.25) is 0 Å². The lowest BCUT2D eigenvalue weighted by Crippen LogP contribution is -2.27. The Morgan fingerprint density at radius 3 is 2.52 bits per heavy atom. The van der Waals surface area contributed by atoms with Gasteiger partial charge in [0.05, 0.1) is 5.69 Å². The summed E-state index contributed by atoms with van der Waals surface area (Å²) in [5, 5.41) is 2.76. The first kappa shape index (κ1) is 16.0. The number of rotatable bonds is 3. The number of likely N-dealkylation sites (tertiary alicyclic amines) is 1. The standard InChI is InChI=1S/C12H14F4N2O2S/c1-18-5-4-9(7-18)17-10-3-2-8(13)6-11(10)21(19,20)12(14,15)16/h2-3,6,9,17H,4-5,7H2,1H3. The maximum atomic E-state index is 13.2. The van der Waals surface area contributed by atoms with Gasteiger partial charge in [-0.15, -0.1) is 0 Å². The molecular weight excluding hydrogens is 312 g/mol. The summed E-state index contributed by atoms with van der Waals surface area (Å²) >= 11 is 0. The monoisotopic (exact) mass is 326 g/mol. The van der Waals surface area contributed by atoms with Gasteiger partial charge in [-0.25, -0.2) is 12.8 Å². The van der Waals surface area contributed by atoms with E-state index in [1.807, 2.05) is 11.9 Å². The van der Waals surface area contributed by atoms with Crippen LogP contribution in [0.25, 0.3) is 0 Å². The van der Waals surface area contributed by atoms with E-state index < -0.39 is 26.1 Å². The fraction of sp³-hybridized carbons (Fsp3) is 0.500. The third-order valence-corrected chi connectivity index (χ3v) is 4.82. The number of likely N-dealkylation sites (N-methyl/N-ethyl adjacent to an activating group) is 1. The minimum Gasteiger partial charge on any atom is -0.380 e. The van der Waals surface area contributed by atoms with Gasteiger partial charge in [0.1, 0.15) is 10.7 Å². The van der Waals surface area contributed by atoms with Gasteiger partial charge in [0.2, 0.25) is 0 Å². The summed E-state index contributed by atoms with van der Waals surface area (Å²) in [5.74, 6) is -1.04. The van der Waals surface area contributed by atoms with Gasteiger partial charge in [0, 0.05) is 12.6 Å². The second-order valence-corrected chi connectivity index (χ2v) is 6.89.